The minimum absolute atomic E-state index is 0. The molecule has 1 aliphatic heterocycles. The fourth-order valence-electron chi connectivity index (χ4n) is 3.32. The quantitative estimate of drug-likeness (QED) is 0.101. The summed E-state index contributed by atoms with van der Waals surface area (Å²) in [5.74, 6) is 2.46. The third kappa shape index (κ3) is 13.1. The molecule has 4 heterocycles. The number of halogens is 2. The zero-order valence-electron chi connectivity index (χ0n) is 23.5. The van der Waals surface area contributed by atoms with Gasteiger partial charge < -0.3 is 14.5 Å². The minimum Gasteiger partial charge on any atom is -0.336 e. The first-order valence-electron chi connectivity index (χ1n) is 12.4. The van der Waals surface area contributed by atoms with Gasteiger partial charge in [-0.2, -0.15) is 4.90 Å². The number of nitrogens with zero attached hydrogens (tertiary/aromatic N) is 5. The number of H-pyrrole nitrogens is 3. The van der Waals surface area contributed by atoms with Gasteiger partial charge in [0, 0.05) is 47.7 Å². The highest BCUT2D eigenvalue weighted by Crippen LogP contribution is 2.19. The molecule has 0 atom stereocenters. The number of aromatic amines is 3. The van der Waals surface area contributed by atoms with E-state index in [2.05, 4.69) is 80.7 Å². The molecule has 0 saturated heterocycles. The van der Waals surface area contributed by atoms with Crippen molar-refractivity contribution in [2.45, 2.75) is 59.0 Å². The predicted octanol–water partition coefficient (Wildman–Crippen LogP) is 5.33. The number of aryl methyl sites for hydroxylation is 2. The Labute approximate surface area is 255 Å². The van der Waals surface area contributed by atoms with Crippen molar-refractivity contribution >= 4 is 54.3 Å². The van der Waals surface area contributed by atoms with Gasteiger partial charge in [0.05, 0.1) is 12.9 Å². The number of hydrogen-bond donors (Lipinski definition) is 3. The molecule has 218 valence electrons. The van der Waals surface area contributed by atoms with Crippen molar-refractivity contribution in [3.63, 3.8) is 0 Å². The summed E-state index contributed by atoms with van der Waals surface area (Å²) in [6, 6.07) is 2.95. The average molecular weight is 629 g/mol. The molecule has 3 N–H and O–H groups in total. The first-order valence-corrected chi connectivity index (χ1v) is 14.4. The Kier molecular flexibility index (Phi) is 15.7. The standard InChI is InChI=1S/C13H18N4OS.C8H12ClN2.C5H6N2OS.ClH/c1-9(2)6-17-8-14-5-11(17)7-19-13-15-10(3)4-12(18)16-13;1-7(2)5-11-6-10-4-8(11)3-9;1-3-2-4(8)7-5(9)6-3;/h4-5,8-9H,6-7H2,1-3H3,(H,15,16,18);4,7H,3,5H2,1-2H3;2H,1H3,(H2,6,7,8,9);1H/q;+1;;. The lowest BCUT2D eigenvalue weighted by Gasteiger charge is -2.10. The molecular formula is C26H37Cl2N8O2S2+. The Morgan fingerprint density at radius 3 is 2.30 bits per heavy atom. The Bertz CT molecular complexity index is 1400. The highest BCUT2D eigenvalue weighted by molar-refractivity contribution is 7.98. The van der Waals surface area contributed by atoms with Gasteiger partial charge in [0.2, 0.25) is 11.9 Å². The molecule has 14 heteroatoms. The van der Waals surface area contributed by atoms with E-state index in [1.807, 2.05) is 24.3 Å². The second kappa shape index (κ2) is 17.8. The first-order chi connectivity index (χ1) is 18.5. The monoisotopic (exact) mass is 627 g/mol. The Morgan fingerprint density at radius 1 is 1.05 bits per heavy atom. The Balaban J connectivity index is 0.000000324. The number of hydrogen-bond acceptors (Lipinski definition) is 8. The molecule has 0 saturated carbocycles. The summed E-state index contributed by atoms with van der Waals surface area (Å²) in [5.41, 5.74) is 3.44. The van der Waals surface area contributed by atoms with Crippen LogP contribution in [0.1, 0.15) is 44.8 Å². The van der Waals surface area contributed by atoms with Crippen LogP contribution in [0.4, 0.5) is 0 Å². The number of allylic oxidation sites excluding steroid dienone is 1. The van der Waals surface area contributed by atoms with Crippen LogP contribution in [0.15, 0.2) is 56.3 Å². The van der Waals surface area contributed by atoms with Gasteiger partial charge in [-0.25, -0.2) is 9.97 Å². The molecule has 40 heavy (non-hydrogen) atoms. The largest absolute Gasteiger partial charge is 0.336 e. The van der Waals surface area contributed by atoms with E-state index in [1.54, 1.807) is 13.1 Å². The molecule has 0 aliphatic carbocycles. The van der Waals surface area contributed by atoms with Crippen LogP contribution in [0.3, 0.4) is 0 Å². The Morgan fingerprint density at radius 2 is 1.73 bits per heavy atom. The molecule has 0 bridgehead atoms. The number of imidazole rings is 1. The van der Waals surface area contributed by atoms with Crippen LogP contribution < -0.4 is 11.1 Å². The zero-order valence-corrected chi connectivity index (χ0v) is 26.7. The van der Waals surface area contributed by atoms with E-state index in [0.717, 1.165) is 41.6 Å². The number of aliphatic imine (C=N–C) groups is 1. The van der Waals surface area contributed by atoms with Crippen molar-refractivity contribution < 1.29 is 0 Å². The van der Waals surface area contributed by atoms with Gasteiger partial charge in [0.1, 0.15) is 5.88 Å². The lowest BCUT2D eigenvalue weighted by atomic mass is 10.2. The highest BCUT2D eigenvalue weighted by atomic mass is 35.5. The second-order valence-corrected chi connectivity index (χ2v) is 11.3. The number of rotatable bonds is 8. The molecule has 0 spiro atoms. The van der Waals surface area contributed by atoms with E-state index in [9.17, 15) is 9.59 Å². The number of thioether (sulfide) groups is 1. The fraction of sp³-hybridized carbons (Fsp3) is 0.462. The first kappa shape index (κ1) is 35.3. The minimum atomic E-state index is -0.156. The normalized spacial score (nSPS) is 11.7. The van der Waals surface area contributed by atoms with E-state index in [0.29, 0.717) is 27.6 Å². The summed E-state index contributed by atoms with van der Waals surface area (Å²) < 4.78 is 2.52. The smallest absolute Gasteiger partial charge is 0.255 e. The summed E-state index contributed by atoms with van der Waals surface area (Å²) >= 11 is 11.9. The average Bonchev–Trinajstić information content (AvgIpc) is 3.45. The van der Waals surface area contributed by atoms with Crippen LogP contribution in [-0.2, 0) is 12.3 Å². The molecule has 0 fully saturated rings. The number of aromatic nitrogens is 6. The topological polar surface area (TPSA) is 128 Å². The van der Waals surface area contributed by atoms with E-state index in [4.69, 9.17) is 11.6 Å². The number of alkyl halides is 1. The van der Waals surface area contributed by atoms with Crippen molar-refractivity contribution in [2.75, 3.05) is 12.4 Å². The van der Waals surface area contributed by atoms with Crippen LogP contribution in [-0.4, -0.2) is 53.2 Å². The molecule has 4 rings (SSSR count). The maximum Gasteiger partial charge on any atom is 0.255 e. The summed E-state index contributed by atoms with van der Waals surface area (Å²) in [6.07, 6.45) is 8.34. The van der Waals surface area contributed by atoms with E-state index in [-0.39, 0.29) is 23.5 Å². The maximum absolute atomic E-state index is 11.4. The van der Waals surface area contributed by atoms with Crippen molar-refractivity contribution in [1.29, 1.82) is 0 Å². The van der Waals surface area contributed by atoms with Crippen LogP contribution in [0, 0.1) is 30.5 Å². The maximum atomic E-state index is 11.4. The van der Waals surface area contributed by atoms with Gasteiger partial charge in [-0.15, -0.1) is 24.0 Å². The Hall–Kier alpha value is -2.76. The van der Waals surface area contributed by atoms with E-state index < -0.39 is 0 Å². The number of nitrogens with one attached hydrogen (secondary N) is 3. The van der Waals surface area contributed by atoms with Crippen molar-refractivity contribution in [3.8, 4) is 0 Å². The molecule has 0 amide bonds. The van der Waals surface area contributed by atoms with Gasteiger partial charge in [-0.05, 0) is 42.9 Å². The molecule has 0 radical (unpaired) electrons. The molecule has 0 unspecified atom stereocenters. The second-order valence-electron chi connectivity index (χ2n) is 9.67. The summed E-state index contributed by atoms with van der Waals surface area (Å²) in [7, 11) is 0. The summed E-state index contributed by atoms with van der Waals surface area (Å²) in [5, 5.41) is 0.655. The predicted molar refractivity (Wildman–Crippen MR) is 168 cm³/mol. The van der Waals surface area contributed by atoms with Crippen LogP contribution in [0.2, 0.25) is 0 Å². The molecule has 10 nitrogen and oxygen atoms in total. The lowest BCUT2D eigenvalue weighted by molar-refractivity contribution is 0.448. The van der Waals surface area contributed by atoms with E-state index >= 15 is 0 Å². The van der Waals surface area contributed by atoms with Crippen LogP contribution >= 0.6 is 48.0 Å². The highest BCUT2D eigenvalue weighted by Gasteiger charge is 2.22. The van der Waals surface area contributed by atoms with Gasteiger partial charge in [0.25, 0.3) is 17.5 Å². The van der Waals surface area contributed by atoms with E-state index in [1.165, 1.54) is 23.9 Å². The molecular weight excluding hydrogens is 591 g/mol. The lowest BCUT2D eigenvalue weighted by Crippen LogP contribution is -2.23. The van der Waals surface area contributed by atoms with Gasteiger partial charge in [-0.3, -0.25) is 14.6 Å². The van der Waals surface area contributed by atoms with Crippen LogP contribution in [0.5, 0.6) is 0 Å². The van der Waals surface area contributed by atoms with Gasteiger partial charge in [-0.1, -0.05) is 39.5 Å². The molecule has 1 aliphatic rings. The molecule has 3 aromatic rings. The fourth-order valence-corrected chi connectivity index (χ4v) is 4.70. The third-order valence-corrected chi connectivity index (χ3v) is 6.27. The molecule has 0 aromatic carbocycles. The summed E-state index contributed by atoms with van der Waals surface area (Å²) in [4.78, 5) is 44.2. The molecule has 3 aromatic heterocycles. The third-order valence-electron chi connectivity index (χ3n) is 4.88. The summed E-state index contributed by atoms with van der Waals surface area (Å²) in [6.45, 7) is 14.2. The SMILES string of the molecule is CC(C)CN1[C+]=NC=C1CCl.Cc1cc(=O)[nH]c(=S)[nH]1.Cc1cc(=O)[nH]c(SCc2cncn2CC(C)C)n1.Cl. The zero-order chi connectivity index (χ0) is 28.9. The van der Waals surface area contributed by atoms with Gasteiger partial charge in [0.15, 0.2) is 9.93 Å². The van der Waals surface area contributed by atoms with Crippen molar-refractivity contribution in [2.24, 2.45) is 16.8 Å². The van der Waals surface area contributed by atoms with Gasteiger partial charge >= 0.3 is 0 Å². The van der Waals surface area contributed by atoms with Crippen LogP contribution in [0.25, 0.3) is 0 Å². The van der Waals surface area contributed by atoms with Crippen molar-refractivity contribution in [3.05, 3.63) is 79.1 Å². The van der Waals surface area contributed by atoms with Crippen molar-refractivity contribution in [1.82, 2.24) is 34.4 Å².